The molecule has 0 bridgehead atoms. The van der Waals surface area contributed by atoms with Crippen LogP contribution in [0.4, 0.5) is 22.7 Å². The van der Waals surface area contributed by atoms with Gasteiger partial charge in [0.25, 0.3) is 0 Å². The quantitative estimate of drug-likeness (QED) is 0.0123. The van der Waals surface area contributed by atoms with Gasteiger partial charge in [0.2, 0.25) is 5.78 Å². The van der Waals surface area contributed by atoms with E-state index in [2.05, 4.69) is 96.7 Å². The topological polar surface area (TPSA) is 190 Å². The van der Waals surface area contributed by atoms with E-state index in [9.17, 15) is 39.0 Å². The maximum absolute atomic E-state index is 13.7. The number of hydrogen-bond donors (Lipinski definition) is 4. The summed E-state index contributed by atoms with van der Waals surface area (Å²) < 4.78 is 15.1. The molecule has 0 radical (unpaired) electrons. The van der Waals surface area contributed by atoms with Crippen LogP contribution in [-0.4, -0.2) is 58.5 Å². The van der Waals surface area contributed by atoms with E-state index in [0.29, 0.717) is 59.8 Å². The fourth-order valence-electron chi connectivity index (χ4n) is 17.9. The summed E-state index contributed by atoms with van der Waals surface area (Å²) in [6.07, 6.45) is 73.4. The average molecular weight is 2040 g/mol. The van der Waals surface area contributed by atoms with Crippen LogP contribution < -0.4 is 27.6 Å². The Hall–Kier alpha value is -5.30. The summed E-state index contributed by atoms with van der Waals surface area (Å²) in [4.78, 5) is 81.2. The molecule has 17 heteroatoms. The highest BCUT2D eigenvalue weighted by molar-refractivity contribution is 9.11. The molecule has 0 saturated carbocycles. The van der Waals surface area contributed by atoms with Gasteiger partial charge in [-0.25, -0.2) is 0 Å². The minimum absolute atomic E-state index is 0. The molecule has 2 aliphatic carbocycles. The lowest BCUT2D eigenvalue weighted by molar-refractivity contribution is -0.480. The molecule has 6 aromatic rings. The Balaban J connectivity index is 0.000000383. The monoisotopic (exact) mass is 2030 g/mol. The summed E-state index contributed by atoms with van der Waals surface area (Å²) in [5, 5.41) is 26.5. The van der Waals surface area contributed by atoms with Gasteiger partial charge in [-0.3, -0.25) is 34.1 Å². The fraction of sp³-hybridized carbons (Fsp3) is 0.611. The Morgan fingerprint density at radius 1 is 0.328 bits per heavy atom. The maximum Gasteiger partial charge on any atom is 0.308 e. The Morgan fingerprint density at radius 3 is 0.872 bits per heavy atom. The number of aromatic hydroxyl groups is 2. The first kappa shape index (κ1) is 108. The number of nitrogens with one attached hydrogen (secondary N) is 1. The van der Waals surface area contributed by atoms with Crippen molar-refractivity contribution in [2.45, 2.75) is 400 Å². The molecule has 0 spiro atoms. The molecule has 2 atom stereocenters. The number of nitrogens with two attached hydrogens (primary N) is 1. The summed E-state index contributed by atoms with van der Waals surface area (Å²) in [5.74, 6) is -1.97. The van der Waals surface area contributed by atoms with Crippen LogP contribution >= 0.6 is 63.7 Å². The van der Waals surface area contributed by atoms with Crippen LogP contribution in [0.15, 0.2) is 115 Å². The molecule has 125 heavy (non-hydrogen) atoms. The molecular weight excluding hydrogens is 1880 g/mol. The average Bonchev–Trinajstić information content (AvgIpc) is 0.747. The smallest absolute Gasteiger partial charge is 0.308 e. The van der Waals surface area contributed by atoms with E-state index in [1.165, 1.54) is 320 Å². The number of carbonyl (C=O) groups is 6. The SMILES string of the molecule is CCCCCCCCCCCCCCCCC(CCCCCCCCCCCCCC)C(=O)OCCc1cc(Br)c(Nc2ccc(O)c3c2C(=O)c2ccccc2C3=O)c(Br)c1.CCCCCCCCCCCCCCCCC(CCCCCCCCCCCCCC)C(=O)OCCc1cc(Br)c([NH2+]c2ccc(O)c3c2C(=O)c2ccccc2C3=O)c(Br)c1.[Br-]. The molecule has 0 fully saturated rings. The van der Waals surface area contributed by atoms with Crippen LogP contribution in [0.25, 0.3) is 0 Å². The number of phenolic OH excluding ortho intramolecular Hbond substituents is 2. The van der Waals surface area contributed by atoms with Gasteiger partial charge >= 0.3 is 11.9 Å². The number of anilines is 2. The van der Waals surface area contributed by atoms with E-state index in [4.69, 9.17) is 9.47 Å². The molecule has 0 aliphatic heterocycles. The molecule has 0 heterocycles. The van der Waals surface area contributed by atoms with Crippen LogP contribution in [0.3, 0.4) is 0 Å². The van der Waals surface area contributed by atoms with Crippen LogP contribution in [0, 0.1) is 11.8 Å². The minimum atomic E-state index is -0.379. The first-order valence-corrected chi connectivity index (χ1v) is 52.7. The lowest BCUT2D eigenvalue weighted by atomic mass is 9.82. The molecule has 0 aromatic heterocycles. The predicted octanol–water partition coefficient (Wildman–Crippen LogP) is 30.0. The second-order valence-electron chi connectivity index (χ2n) is 35.7. The first-order chi connectivity index (χ1) is 60.5. The van der Waals surface area contributed by atoms with Gasteiger partial charge in [-0.1, -0.05) is 410 Å². The summed E-state index contributed by atoms with van der Waals surface area (Å²) in [7, 11) is 0. The van der Waals surface area contributed by atoms with E-state index in [0.717, 1.165) is 86.1 Å². The number of quaternary nitrogens is 1. The van der Waals surface area contributed by atoms with Gasteiger partial charge in [-0.2, -0.15) is 0 Å². The lowest BCUT2D eigenvalue weighted by Gasteiger charge is -2.22. The first-order valence-electron chi connectivity index (χ1n) is 49.5. The summed E-state index contributed by atoms with van der Waals surface area (Å²) in [6.45, 7) is 9.73. The Bertz CT molecular complexity index is 3830. The number of benzene rings is 6. The third kappa shape index (κ3) is 39.3. The number of ketones is 4. The number of halogens is 5. The van der Waals surface area contributed by atoms with E-state index in [-0.39, 0.29) is 103 Å². The van der Waals surface area contributed by atoms with Gasteiger partial charge in [0.1, 0.15) is 17.2 Å². The molecule has 0 saturated heterocycles. The number of rotatable bonds is 68. The number of carbonyl (C=O) groups excluding carboxylic acids is 6. The van der Waals surface area contributed by atoms with Crippen molar-refractivity contribution in [2.75, 3.05) is 18.5 Å². The molecule has 2 aliphatic rings. The number of fused-ring (bicyclic) bond motifs is 4. The lowest BCUT2D eigenvalue weighted by Crippen LogP contribution is -3.00. The van der Waals surface area contributed by atoms with Crippen molar-refractivity contribution in [3.63, 3.8) is 0 Å². The summed E-state index contributed by atoms with van der Waals surface area (Å²) >= 11 is 14.9. The third-order valence-electron chi connectivity index (χ3n) is 25.5. The Labute approximate surface area is 798 Å². The number of unbranched alkanes of at least 4 members (excludes halogenated alkanes) is 48. The van der Waals surface area contributed by atoms with Crippen molar-refractivity contribution in [3.8, 4) is 11.5 Å². The minimum Gasteiger partial charge on any atom is -1.00 e. The van der Waals surface area contributed by atoms with Crippen LogP contribution in [0.5, 0.6) is 11.5 Å². The summed E-state index contributed by atoms with van der Waals surface area (Å²) in [6, 6.07) is 27.6. The number of phenols is 2. The largest absolute Gasteiger partial charge is 1.00 e. The highest BCUT2D eigenvalue weighted by Gasteiger charge is 2.37. The van der Waals surface area contributed by atoms with Gasteiger partial charge in [0.15, 0.2) is 23.0 Å². The molecule has 6 aromatic carbocycles. The van der Waals surface area contributed by atoms with Crippen molar-refractivity contribution in [1.29, 1.82) is 0 Å². The van der Waals surface area contributed by atoms with Crippen molar-refractivity contribution < 1.29 is 70.8 Å². The molecule has 5 N–H and O–H groups in total. The second kappa shape index (κ2) is 65.3. The zero-order chi connectivity index (χ0) is 88.7. The van der Waals surface area contributed by atoms with Crippen molar-refractivity contribution in [1.82, 2.24) is 0 Å². The predicted molar refractivity (Wildman–Crippen MR) is 529 cm³/mol. The Morgan fingerprint density at radius 2 is 0.576 bits per heavy atom. The third-order valence-corrected chi connectivity index (χ3v) is 28.1. The van der Waals surface area contributed by atoms with Gasteiger partial charge in [-0.05, 0) is 143 Å². The molecular formula is C108H155Br5N2O10. The highest BCUT2D eigenvalue weighted by Crippen LogP contribution is 2.43. The molecule has 692 valence electrons. The van der Waals surface area contributed by atoms with Crippen molar-refractivity contribution in [3.05, 3.63) is 171 Å². The van der Waals surface area contributed by atoms with E-state index >= 15 is 0 Å². The van der Waals surface area contributed by atoms with Gasteiger partial charge in [0, 0.05) is 50.1 Å². The molecule has 2 unspecified atom stereocenters. The molecule has 12 nitrogen and oxygen atoms in total. The van der Waals surface area contributed by atoms with Crippen LogP contribution in [0.1, 0.15) is 462 Å². The summed E-state index contributed by atoms with van der Waals surface area (Å²) in [5.41, 5.74) is 6.07. The molecule has 0 amide bonds. The second-order valence-corrected chi connectivity index (χ2v) is 39.2. The number of esters is 2. The zero-order valence-corrected chi connectivity index (χ0v) is 84.9. The van der Waals surface area contributed by atoms with Crippen molar-refractivity contribution in [2.24, 2.45) is 11.8 Å². The Kier molecular flexibility index (Phi) is 56.7. The maximum atomic E-state index is 13.7. The van der Waals surface area contributed by atoms with Crippen LogP contribution in [0.2, 0.25) is 0 Å². The number of ether oxygens (including phenoxy) is 2. The van der Waals surface area contributed by atoms with Gasteiger partial charge in [-0.15, -0.1) is 0 Å². The van der Waals surface area contributed by atoms with E-state index < -0.39 is 0 Å². The van der Waals surface area contributed by atoms with Crippen LogP contribution in [-0.2, 0) is 31.9 Å². The normalized spacial score (nSPS) is 12.6. The highest BCUT2D eigenvalue weighted by atomic mass is 79.9. The van der Waals surface area contributed by atoms with Gasteiger partial charge in [0.05, 0.1) is 67.6 Å². The number of hydrogen-bond acceptors (Lipinski definition) is 11. The van der Waals surface area contributed by atoms with E-state index in [1.807, 2.05) is 29.6 Å². The molecule has 8 rings (SSSR count). The standard InChI is InChI=1S/2C54H77Br2NO5.BrH/c2*1-3-5-7-9-11-13-15-17-18-20-22-24-26-28-32-42(31-27-25-23-21-19-16-14-12-10-8-6-4-2)54(61)62-38-37-41-39-45(55)51(46(56)40-41)57-47-35-36-48(58)50-49(47)52(59)43-33-29-30-34-44(43)53(50)60;/h2*29-30,33-36,39-40,42,57-58H,3-28,31-32,37-38H2,1-2H3;1H. The van der Waals surface area contributed by atoms with Crippen molar-refractivity contribution >= 4 is 122 Å². The fourth-order valence-corrected chi connectivity index (χ4v) is 20.9. The van der Waals surface area contributed by atoms with Gasteiger partial charge < -0.3 is 42.0 Å². The van der Waals surface area contributed by atoms with E-state index in [1.54, 1.807) is 60.7 Å². The zero-order valence-electron chi connectivity index (χ0n) is 76.9.